The van der Waals surface area contributed by atoms with E-state index in [0.717, 1.165) is 0 Å². The Morgan fingerprint density at radius 1 is 0.765 bits per heavy atom. The molecule has 0 fully saturated rings. The highest BCUT2D eigenvalue weighted by Gasteiger charge is 2.14. The number of anilines is 2. The number of hydrogen-bond acceptors (Lipinski definition) is 4. The Labute approximate surface area is 201 Å². The van der Waals surface area contributed by atoms with Crippen LogP contribution in [-0.2, 0) is 10.2 Å². The molecule has 3 aromatic rings. The number of ether oxygens (including phenoxy) is 2. The van der Waals surface area contributed by atoms with Gasteiger partial charge < -0.3 is 20.1 Å². The Morgan fingerprint density at radius 2 is 1.29 bits per heavy atom. The van der Waals surface area contributed by atoms with Gasteiger partial charge in [-0.1, -0.05) is 39.0 Å². The fourth-order valence-electron chi connectivity index (χ4n) is 3.27. The fourth-order valence-corrected chi connectivity index (χ4v) is 3.27. The van der Waals surface area contributed by atoms with Crippen LogP contribution in [0.15, 0.2) is 72.8 Å². The summed E-state index contributed by atoms with van der Waals surface area (Å²) in [4.78, 5) is 25.3. The van der Waals surface area contributed by atoms with Gasteiger partial charge in [0.05, 0.1) is 6.61 Å². The van der Waals surface area contributed by atoms with Crippen molar-refractivity contribution in [2.24, 2.45) is 0 Å². The molecule has 0 heterocycles. The lowest BCUT2D eigenvalue weighted by molar-refractivity contribution is 0.101. The van der Waals surface area contributed by atoms with Crippen molar-refractivity contribution in [3.8, 4) is 5.75 Å². The lowest BCUT2D eigenvalue weighted by atomic mass is 9.87. The molecule has 0 aliphatic heterocycles. The molecule has 0 unspecified atom stereocenters. The predicted octanol–water partition coefficient (Wildman–Crippen LogP) is 5.90. The second kappa shape index (κ2) is 11.5. The van der Waals surface area contributed by atoms with Crippen molar-refractivity contribution in [2.75, 3.05) is 30.5 Å². The largest absolute Gasteiger partial charge is 0.491 e. The first-order chi connectivity index (χ1) is 16.3. The molecule has 0 saturated carbocycles. The van der Waals surface area contributed by atoms with Crippen LogP contribution in [0, 0.1) is 0 Å². The molecular weight excluding hydrogens is 428 g/mol. The zero-order valence-electron chi connectivity index (χ0n) is 20.2. The monoisotopic (exact) mass is 460 g/mol. The van der Waals surface area contributed by atoms with Crippen molar-refractivity contribution in [1.82, 2.24) is 0 Å². The maximum Gasteiger partial charge on any atom is 0.255 e. The number of rotatable bonds is 9. The SMILES string of the molecule is CCOCCOc1ccc(C(=O)Nc2cccc(NC(=O)c3ccc(C(C)(C)C)cc3)c2)cc1. The normalized spacial score (nSPS) is 11.1. The van der Waals surface area contributed by atoms with E-state index in [1.807, 2.05) is 31.2 Å². The first kappa shape index (κ1) is 25.0. The summed E-state index contributed by atoms with van der Waals surface area (Å²) in [6.07, 6.45) is 0. The minimum Gasteiger partial charge on any atom is -0.491 e. The molecule has 6 heteroatoms. The van der Waals surface area contributed by atoms with Crippen LogP contribution in [0.2, 0.25) is 0 Å². The van der Waals surface area contributed by atoms with Gasteiger partial charge in [0.2, 0.25) is 0 Å². The number of hydrogen-bond donors (Lipinski definition) is 2. The van der Waals surface area contributed by atoms with Gasteiger partial charge in [0.1, 0.15) is 12.4 Å². The summed E-state index contributed by atoms with van der Waals surface area (Å²) in [6.45, 7) is 9.96. The zero-order valence-corrected chi connectivity index (χ0v) is 20.2. The standard InChI is InChI=1S/C28H32N2O4/c1-5-33-17-18-34-25-15-11-21(12-16-25)27(32)30-24-8-6-7-23(19-24)29-26(31)20-9-13-22(14-10-20)28(2,3)4/h6-16,19H,5,17-18H2,1-4H3,(H,29,31)(H,30,32). The van der Waals surface area contributed by atoms with Gasteiger partial charge in [-0.05, 0) is 72.5 Å². The molecule has 6 nitrogen and oxygen atoms in total. The van der Waals surface area contributed by atoms with E-state index < -0.39 is 0 Å². The zero-order chi connectivity index (χ0) is 24.6. The topological polar surface area (TPSA) is 76.7 Å². The van der Waals surface area contributed by atoms with Crippen LogP contribution in [0.3, 0.4) is 0 Å². The van der Waals surface area contributed by atoms with E-state index in [1.54, 1.807) is 48.5 Å². The number of benzene rings is 3. The van der Waals surface area contributed by atoms with Crippen molar-refractivity contribution in [1.29, 1.82) is 0 Å². The lowest BCUT2D eigenvalue weighted by Gasteiger charge is -2.19. The van der Waals surface area contributed by atoms with Crippen LogP contribution in [0.5, 0.6) is 5.75 Å². The summed E-state index contributed by atoms with van der Waals surface area (Å²) >= 11 is 0. The molecule has 0 spiro atoms. The molecule has 34 heavy (non-hydrogen) atoms. The van der Waals surface area contributed by atoms with Gasteiger partial charge in [0.15, 0.2) is 0 Å². The Morgan fingerprint density at radius 3 is 1.79 bits per heavy atom. The highest BCUT2D eigenvalue weighted by molar-refractivity contribution is 6.06. The Hall–Kier alpha value is -3.64. The number of nitrogens with one attached hydrogen (secondary N) is 2. The predicted molar refractivity (Wildman–Crippen MR) is 136 cm³/mol. The minimum absolute atomic E-state index is 0.0263. The van der Waals surface area contributed by atoms with E-state index in [-0.39, 0.29) is 17.2 Å². The van der Waals surface area contributed by atoms with Crippen LogP contribution >= 0.6 is 0 Å². The maximum absolute atomic E-state index is 12.7. The van der Waals surface area contributed by atoms with Crippen molar-refractivity contribution < 1.29 is 19.1 Å². The summed E-state index contributed by atoms with van der Waals surface area (Å²) in [7, 11) is 0. The van der Waals surface area contributed by atoms with Gasteiger partial charge in [-0.25, -0.2) is 0 Å². The van der Waals surface area contributed by atoms with E-state index in [2.05, 4.69) is 31.4 Å². The average molecular weight is 461 g/mol. The van der Waals surface area contributed by atoms with Crippen molar-refractivity contribution in [3.63, 3.8) is 0 Å². The molecule has 2 amide bonds. The highest BCUT2D eigenvalue weighted by atomic mass is 16.5. The summed E-state index contributed by atoms with van der Waals surface area (Å²) in [5.41, 5.74) is 3.46. The quantitative estimate of drug-likeness (QED) is 0.390. The summed E-state index contributed by atoms with van der Waals surface area (Å²) < 4.78 is 10.8. The molecule has 178 valence electrons. The molecular formula is C28H32N2O4. The highest BCUT2D eigenvalue weighted by Crippen LogP contribution is 2.23. The van der Waals surface area contributed by atoms with E-state index >= 15 is 0 Å². The smallest absolute Gasteiger partial charge is 0.255 e. The van der Waals surface area contributed by atoms with E-state index in [0.29, 0.717) is 48.1 Å². The third kappa shape index (κ3) is 7.18. The number of carbonyl (C=O) groups is 2. The summed E-state index contributed by atoms with van der Waals surface area (Å²) in [5.74, 6) is 0.225. The van der Waals surface area contributed by atoms with Crippen molar-refractivity contribution in [3.05, 3.63) is 89.5 Å². The van der Waals surface area contributed by atoms with Crippen LogP contribution in [0.4, 0.5) is 11.4 Å². The van der Waals surface area contributed by atoms with Gasteiger partial charge in [-0.3, -0.25) is 9.59 Å². The van der Waals surface area contributed by atoms with Crippen LogP contribution in [0.1, 0.15) is 54.0 Å². The Kier molecular flexibility index (Phi) is 8.44. The summed E-state index contributed by atoms with van der Waals surface area (Å²) in [5, 5.41) is 5.75. The Bertz CT molecular complexity index is 1100. The molecule has 3 rings (SSSR count). The molecule has 0 bridgehead atoms. The average Bonchev–Trinajstić information content (AvgIpc) is 2.82. The van der Waals surface area contributed by atoms with Gasteiger partial charge in [0, 0.05) is 29.1 Å². The number of carbonyl (C=O) groups excluding carboxylic acids is 2. The van der Waals surface area contributed by atoms with E-state index in [1.165, 1.54) is 5.56 Å². The number of amides is 2. The van der Waals surface area contributed by atoms with Gasteiger partial charge in [-0.2, -0.15) is 0 Å². The van der Waals surface area contributed by atoms with Crippen LogP contribution < -0.4 is 15.4 Å². The van der Waals surface area contributed by atoms with Gasteiger partial charge >= 0.3 is 0 Å². The third-order valence-corrected chi connectivity index (χ3v) is 5.21. The molecule has 0 aliphatic carbocycles. The first-order valence-corrected chi connectivity index (χ1v) is 11.4. The molecule has 0 aliphatic rings. The fraction of sp³-hybridized carbons (Fsp3) is 0.286. The van der Waals surface area contributed by atoms with E-state index in [9.17, 15) is 9.59 Å². The summed E-state index contributed by atoms with van der Waals surface area (Å²) in [6, 6.07) is 21.6. The van der Waals surface area contributed by atoms with Crippen molar-refractivity contribution >= 4 is 23.2 Å². The molecule has 0 radical (unpaired) electrons. The van der Waals surface area contributed by atoms with Gasteiger partial charge in [0.25, 0.3) is 11.8 Å². The van der Waals surface area contributed by atoms with Crippen LogP contribution in [-0.4, -0.2) is 31.6 Å². The second-order valence-electron chi connectivity index (χ2n) is 8.89. The Balaban J connectivity index is 1.58. The second-order valence-corrected chi connectivity index (χ2v) is 8.89. The van der Waals surface area contributed by atoms with Crippen molar-refractivity contribution in [2.45, 2.75) is 33.1 Å². The van der Waals surface area contributed by atoms with Crippen LogP contribution in [0.25, 0.3) is 0 Å². The molecule has 0 atom stereocenters. The van der Waals surface area contributed by atoms with Gasteiger partial charge in [-0.15, -0.1) is 0 Å². The maximum atomic E-state index is 12.7. The minimum atomic E-state index is -0.248. The van der Waals surface area contributed by atoms with E-state index in [4.69, 9.17) is 9.47 Å². The molecule has 2 N–H and O–H groups in total. The lowest BCUT2D eigenvalue weighted by Crippen LogP contribution is -2.15. The molecule has 0 aromatic heterocycles. The first-order valence-electron chi connectivity index (χ1n) is 11.4. The molecule has 3 aromatic carbocycles. The molecule has 0 saturated heterocycles. The third-order valence-electron chi connectivity index (χ3n) is 5.21.